The second kappa shape index (κ2) is 8.67. The lowest BCUT2D eigenvalue weighted by Crippen LogP contribution is -2.32. The third-order valence-electron chi connectivity index (χ3n) is 4.05. The number of pyridine rings is 1. The Kier molecular flexibility index (Phi) is 6.84. The molecule has 3 rings (SSSR count). The highest BCUT2D eigenvalue weighted by atomic mass is 35.5. The summed E-state index contributed by atoms with van der Waals surface area (Å²) in [6.45, 7) is 2.20. The molecule has 1 aliphatic rings. The van der Waals surface area contributed by atoms with Crippen LogP contribution in [-0.2, 0) is 6.54 Å². The van der Waals surface area contributed by atoms with E-state index in [0.29, 0.717) is 22.4 Å². The average molecular weight is 404 g/mol. The van der Waals surface area contributed by atoms with Crippen molar-refractivity contribution in [2.75, 3.05) is 18.0 Å². The minimum Gasteiger partial charge on any atom is -0.355 e. The van der Waals surface area contributed by atoms with Crippen LogP contribution in [0.4, 0.5) is 11.5 Å². The van der Waals surface area contributed by atoms with Gasteiger partial charge in [0.1, 0.15) is 5.82 Å². The number of aromatic nitrogens is 1. The summed E-state index contributed by atoms with van der Waals surface area (Å²) in [6, 6.07) is 8.65. The van der Waals surface area contributed by atoms with E-state index in [-0.39, 0.29) is 24.1 Å². The number of nitrogens with one attached hydrogen (secondary N) is 1. The van der Waals surface area contributed by atoms with E-state index in [4.69, 9.17) is 23.2 Å². The molecule has 2 aromatic rings. The van der Waals surface area contributed by atoms with Crippen molar-refractivity contribution < 1.29 is 4.92 Å². The van der Waals surface area contributed by atoms with Gasteiger partial charge in [0.2, 0.25) is 0 Å². The molecule has 25 heavy (non-hydrogen) atoms. The second-order valence-electron chi connectivity index (χ2n) is 5.68. The van der Waals surface area contributed by atoms with Gasteiger partial charge in [0.25, 0.3) is 5.69 Å². The maximum Gasteiger partial charge on any atom is 0.274 e. The van der Waals surface area contributed by atoms with Gasteiger partial charge in [-0.3, -0.25) is 10.1 Å². The van der Waals surface area contributed by atoms with E-state index in [1.807, 2.05) is 17.0 Å². The van der Waals surface area contributed by atoms with Crippen LogP contribution in [0, 0.1) is 10.1 Å². The molecule has 1 N–H and O–H groups in total. The molecule has 1 atom stereocenters. The van der Waals surface area contributed by atoms with Crippen LogP contribution in [-0.4, -0.2) is 29.0 Å². The maximum absolute atomic E-state index is 10.9. The summed E-state index contributed by atoms with van der Waals surface area (Å²) in [6.07, 6.45) is 2.41. The highest BCUT2D eigenvalue weighted by molar-refractivity contribution is 6.35. The second-order valence-corrected chi connectivity index (χ2v) is 6.52. The third kappa shape index (κ3) is 4.95. The highest BCUT2D eigenvalue weighted by Gasteiger charge is 2.24. The molecular formula is C16H17Cl3N4O2. The molecule has 2 heterocycles. The van der Waals surface area contributed by atoms with Crippen molar-refractivity contribution in [3.8, 4) is 0 Å². The molecule has 1 aliphatic heterocycles. The molecule has 6 nitrogen and oxygen atoms in total. The fourth-order valence-electron chi connectivity index (χ4n) is 2.75. The van der Waals surface area contributed by atoms with E-state index < -0.39 is 4.92 Å². The topological polar surface area (TPSA) is 71.3 Å². The molecule has 134 valence electrons. The van der Waals surface area contributed by atoms with Gasteiger partial charge in [-0.25, -0.2) is 4.98 Å². The Balaban J connectivity index is 0.00000225. The minimum atomic E-state index is -0.403. The normalized spacial score (nSPS) is 16.6. The van der Waals surface area contributed by atoms with Crippen molar-refractivity contribution in [3.63, 3.8) is 0 Å². The van der Waals surface area contributed by atoms with E-state index >= 15 is 0 Å². The van der Waals surface area contributed by atoms with Crippen molar-refractivity contribution in [2.45, 2.75) is 19.0 Å². The van der Waals surface area contributed by atoms with Gasteiger partial charge in [-0.1, -0.05) is 29.3 Å². The molecule has 0 amide bonds. The van der Waals surface area contributed by atoms with Gasteiger partial charge < -0.3 is 10.2 Å². The summed E-state index contributed by atoms with van der Waals surface area (Å²) >= 11 is 12.1. The summed E-state index contributed by atoms with van der Waals surface area (Å²) in [5, 5.41) is 15.6. The monoisotopic (exact) mass is 402 g/mol. The van der Waals surface area contributed by atoms with Crippen molar-refractivity contribution in [2.24, 2.45) is 0 Å². The smallest absolute Gasteiger partial charge is 0.274 e. The van der Waals surface area contributed by atoms with E-state index in [1.54, 1.807) is 6.07 Å². The molecule has 1 aromatic heterocycles. The Hall–Kier alpha value is -1.60. The maximum atomic E-state index is 10.9. The Morgan fingerprint density at radius 2 is 2.12 bits per heavy atom. The molecule has 1 fully saturated rings. The number of anilines is 1. The Bertz CT molecular complexity index is 760. The van der Waals surface area contributed by atoms with Crippen LogP contribution in [0.5, 0.6) is 0 Å². The largest absolute Gasteiger partial charge is 0.355 e. The zero-order valence-corrected chi connectivity index (χ0v) is 15.5. The van der Waals surface area contributed by atoms with Crippen molar-refractivity contribution in [1.82, 2.24) is 10.3 Å². The molecule has 0 unspecified atom stereocenters. The van der Waals surface area contributed by atoms with E-state index in [0.717, 1.165) is 25.1 Å². The van der Waals surface area contributed by atoms with Gasteiger partial charge in [-0.2, -0.15) is 0 Å². The summed E-state index contributed by atoms with van der Waals surface area (Å²) in [7, 11) is 0. The van der Waals surface area contributed by atoms with E-state index in [2.05, 4.69) is 10.3 Å². The predicted octanol–water partition coefficient (Wildman–Crippen LogP) is 4.09. The first-order valence-corrected chi connectivity index (χ1v) is 8.31. The summed E-state index contributed by atoms with van der Waals surface area (Å²) in [5.74, 6) is 0.637. The number of benzene rings is 1. The minimum absolute atomic E-state index is 0. The Morgan fingerprint density at radius 1 is 1.32 bits per heavy atom. The molecule has 0 spiro atoms. The van der Waals surface area contributed by atoms with Gasteiger partial charge >= 0.3 is 0 Å². The SMILES string of the molecule is Cl.O=[N+]([O-])c1ccnc(N2CC[C@H](NCc3ccc(Cl)cc3Cl)C2)c1. The number of rotatable bonds is 5. The summed E-state index contributed by atoms with van der Waals surface area (Å²) in [5.41, 5.74) is 1.05. The quantitative estimate of drug-likeness (QED) is 0.601. The van der Waals surface area contributed by atoms with Crippen LogP contribution in [0.15, 0.2) is 36.5 Å². The first-order valence-electron chi connectivity index (χ1n) is 7.55. The van der Waals surface area contributed by atoms with Crippen LogP contribution < -0.4 is 10.2 Å². The number of hydrogen-bond donors (Lipinski definition) is 1. The lowest BCUT2D eigenvalue weighted by molar-refractivity contribution is -0.384. The zero-order chi connectivity index (χ0) is 17.1. The van der Waals surface area contributed by atoms with E-state index in [1.165, 1.54) is 18.3 Å². The number of nitro groups is 1. The predicted molar refractivity (Wildman–Crippen MR) is 102 cm³/mol. The first-order chi connectivity index (χ1) is 11.5. The fourth-order valence-corrected chi connectivity index (χ4v) is 3.22. The molecule has 1 aromatic carbocycles. The Morgan fingerprint density at radius 3 is 2.84 bits per heavy atom. The van der Waals surface area contributed by atoms with Crippen LogP contribution in [0.3, 0.4) is 0 Å². The van der Waals surface area contributed by atoms with Crippen LogP contribution in [0.25, 0.3) is 0 Å². The van der Waals surface area contributed by atoms with Crippen LogP contribution in [0.2, 0.25) is 10.0 Å². The first kappa shape index (κ1) is 19.7. The van der Waals surface area contributed by atoms with Crippen molar-refractivity contribution in [3.05, 3.63) is 62.3 Å². The zero-order valence-electron chi connectivity index (χ0n) is 13.2. The fraction of sp³-hybridized carbons (Fsp3) is 0.312. The Labute approximate surface area is 161 Å². The highest BCUT2D eigenvalue weighted by Crippen LogP contribution is 2.24. The summed E-state index contributed by atoms with van der Waals surface area (Å²) in [4.78, 5) is 16.8. The molecule has 0 bridgehead atoms. The van der Waals surface area contributed by atoms with Gasteiger partial charge in [0, 0.05) is 48.0 Å². The number of halogens is 3. The van der Waals surface area contributed by atoms with E-state index in [9.17, 15) is 10.1 Å². The average Bonchev–Trinajstić information content (AvgIpc) is 3.03. The standard InChI is InChI=1S/C16H16Cl2N4O2.ClH/c17-12-2-1-11(15(18)7-12)9-20-13-4-6-21(10-13)16-8-14(22(23)24)3-5-19-16;/h1-3,5,7-8,13,20H,4,6,9-10H2;1H/t13-;/m0./s1. The van der Waals surface area contributed by atoms with Crippen LogP contribution in [0.1, 0.15) is 12.0 Å². The third-order valence-corrected chi connectivity index (χ3v) is 4.64. The molecule has 1 saturated heterocycles. The molecular weight excluding hydrogens is 387 g/mol. The molecule has 9 heteroatoms. The molecule has 0 radical (unpaired) electrons. The number of hydrogen-bond acceptors (Lipinski definition) is 5. The van der Waals surface area contributed by atoms with Gasteiger partial charge in [0.05, 0.1) is 11.0 Å². The van der Waals surface area contributed by atoms with Crippen molar-refractivity contribution >= 4 is 47.1 Å². The number of nitrogens with zero attached hydrogens (tertiary/aromatic N) is 3. The van der Waals surface area contributed by atoms with Gasteiger partial charge in [-0.05, 0) is 24.1 Å². The van der Waals surface area contributed by atoms with Gasteiger partial charge in [0.15, 0.2) is 0 Å². The lowest BCUT2D eigenvalue weighted by atomic mass is 10.2. The lowest BCUT2D eigenvalue weighted by Gasteiger charge is -2.18. The molecule has 0 saturated carbocycles. The summed E-state index contributed by atoms with van der Waals surface area (Å²) < 4.78 is 0. The van der Waals surface area contributed by atoms with Crippen molar-refractivity contribution in [1.29, 1.82) is 0 Å². The van der Waals surface area contributed by atoms with Gasteiger partial charge in [-0.15, -0.1) is 12.4 Å². The van der Waals surface area contributed by atoms with Crippen LogP contribution >= 0.6 is 35.6 Å². The molecule has 0 aliphatic carbocycles.